The lowest BCUT2D eigenvalue weighted by Crippen LogP contribution is -2.54. The van der Waals surface area contributed by atoms with Crippen LogP contribution in [0.15, 0.2) is 0 Å². The molecule has 3 fully saturated rings. The molecule has 0 aromatic heterocycles. The lowest BCUT2D eigenvalue weighted by Gasteiger charge is -2.45. The monoisotopic (exact) mass is 372 g/mol. The van der Waals surface area contributed by atoms with Gasteiger partial charge in [0.1, 0.15) is 12.2 Å². The van der Waals surface area contributed by atoms with E-state index in [9.17, 15) is 9.90 Å². The first-order valence-corrected chi connectivity index (χ1v) is 11.1. The minimum atomic E-state index is -2.66. The summed E-state index contributed by atoms with van der Waals surface area (Å²) in [5.74, 6) is -0.576. The largest absolute Gasteiger partial charge is 0.466 e. The van der Waals surface area contributed by atoms with Gasteiger partial charge in [-0.3, -0.25) is 4.79 Å². The smallest absolute Gasteiger partial charge is 0.350 e. The molecule has 0 bridgehead atoms. The molecule has 3 aliphatic rings. The number of aliphatic hydroxyl groups excluding tert-OH is 1. The third-order valence-electron chi connectivity index (χ3n) is 5.73. The molecule has 6 atom stereocenters. The molecule has 2 aliphatic heterocycles. The summed E-state index contributed by atoms with van der Waals surface area (Å²) in [6, 6.07) is 0. The third kappa shape index (κ3) is 2.79. The van der Waals surface area contributed by atoms with Gasteiger partial charge in [-0.1, -0.05) is 41.5 Å². The number of hydrogen-bond donors (Lipinski definition) is 1. The minimum Gasteiger partial charge on any atom is -0.466 e. The maximum Gasteiger partial charge on any atom is 0.350 e. The normalized spacial score (nSPS) is 39.5. The molecule has 0 amide bonds. The Morgan fingerprint density at radius 2 is 1.60 bits per heavy atom. The highest BCUT2D eigenvalue weighted by Crippen LogP contribution is 2.62. The van der Waals surface area contributed by atoms with Crippen molar-refractivity contribution in [3.8, 4) is 0 Å². The molecule has 25 heavy (non-hydrogen) atoms. The molecular weight excluding hydrogens is 340 g/mol. The number of carbonyl (C=O) groups excluding carboxylic acids is 1. The average Bonchev–Trinajstić information content (AvgIpc) is 3.03. The van der Waals surface area contributed by atoms with Crippen LogP contribution in [0.4, 0.5) is 0 Å². The van der Waals surface area contributed by atoms with Crippen molar-refractivity contribution in [1.82, 2.24) is 0 Å². The summed E-state index contributed by atoms with van der Waals surface area (Å²) in [5, 5.41) is 9.52. The van der Waals surface area contributed by atoms with E-state index < -0.39 is 14.7 Å². The molecular formula is C18H32O6Si. The highest BCUT2D eigenvalue weighted by atomic mass is 28.4. The molecule has 3 rings (SSSR count). The van der Waals surface area contributed by atoms with E-state index in [0.717, 1.165) is 0 Å². The first-order valence-electron chi connectivity index (χ1n) is 9.27. The summed E-state index contributed by atoms with van der Waals surface area (Å²) in [4.78, 5) is 12.3. The zero-order chi connectivity index (χ0) is 18.8. The van der Waals surface area contributed by atoms with Gasteiger partial charge < -0.3 is 23.4 Å². The van der Waals surface area contributed by atoms with Crippen molar-refractivity contribution in [1.29, 1.82) is 0 Å². The van der Waals surface area contributed by atoms with Gasteiger partial charge in [-0.05, 0) is 6.92 Å². The second-order valence-electron chi connectivity index (χ2n) is 9.46. The van der Waals surface area contributed by atoms with Crippen molar-refractivity contribution in [2.24, 2.45) is 11.8 Å². The summed E-state index contributed by atoms with van der Waals surface area (Å²) >= 11 is 0. The van der Waals surface area contributed by atoms with Crippen LogP contribution in [0.25, 0.3) is 0 Å². The van der Waals surface area contributed by atoms with Crippen LogP contribution in [0.3, 0.4) is 0 Å². The van der Waals surface area contributed by atoms with E-state index >= 15 is 0 Å². The van der Waals surface area contributed by atoms with E-state index in [1.165, 1.54) is 0 Å². The second-order valence-corrected chi connectivity index (χ2v) is 14.2. The molecule has 6 nitrogen and oxygen atoms in total. The summed E-state index contributed by atoms with van der Waals surface area (Å²) < 4.78 is 24.6. The molecule has 2 heterocycles. The lowest BCUT2D eigenvalue weighted by molar-refractivity contribution is -0.146. The van der Waals surface area contributed by atoms with Crippen molar-refractivity contribution in [3.63, 3.8) is 0 Å². The van der Waals surface area contributed by atoms with Gasteiger partial charge in [-0.25, -0.2) is 0 Å². The highest BCUT2D eigenvalue weighted by molar-refractivity contribution is 6.74. The Balaban J connectivity index is 1.93. The molecule has 0 radical (unpaired) electrons. The number of hydrogen-bond acceptors (Lipinski definition) is 6. The molecule has 0 spiro atoms. The number of ether oxygens (including phenoxy) is 2. The Labute approximate surface area is 151 Å². The fraction of sp³-hybridized carbons (Fsp3) is 0.944. The van der Waals surface area contributed by atoms with Crippen molar-refractivity contribution < 1.29 is 28.2 Å². The summed E-state index contributed by atoms with van der Waals surface area (Å²) in [6.07, 6.45) is -1.22. The molecule has 0 aromatic carbocycles. The SMILES string of the molecule is CCOC(=O)[C@@H]1C2O[C@H](CO)C3O[Si](C(C)(C)C)(C(C)(C)C)OC3C21. The maximum absolute atomic E-state index is 12.3. The van der Waals surface area contributed by atoms with Gasteiger partial charge in [0.2, 0.25) is 0 Å². The molecule has 0 aromatic rings. The summed E-state index contributed by atoms with van der Waals surface area (Å²) in [5.41, 5.74) is 0. The second kappa shape index (κ2) is 6.02. The van der Waals surface area contributed by atoms with E-state index in [2.05, 4.69) is 41.5 Å². The Hall–Kier alpha value is -0.473. The molecule has 4 unspecified atom stereocenters. The number of rotatable bonds is 3. The van der Waals surface area contributed by atoms with Gasteiger partial charge in [-0.2, -0.15) is 0 Å². The van der Waals surface area contributed by atoms with Gasteiger partial charge in [0.05, 0.1) is 31.3 Å². The van der Waals surface area contributed by atoms with Crippen LogP contribution in [0.1, 0.15) is 48.5 Å². The molecule has 1 aliphatic carbocycles. The first kappa shape index (κ1) is 19.3. The number of esters is 1. The Kier molecular flexibility index (Phi) is 4.65. The van der Waals surface area contributed by atoms with Crippen LogP contribution in [0, 0.1) is 11.8 Å². The van der Waals surface area contributed by atoms with Crippen molar-refractivity contribution in [2.75, 3.05) is 13.2 Å². The summed E-state index contributed by atoms with van der Waals surface area (Å²) in [7, 11) is -2.66. The van der Waals surface area contributed by atoms with Gasteiger partial charge in [-0.15, -0.1) is 0 Å². The fourth-order valence-electron chi connectivity index (χ4n) is 4.79. The molecule has 144 valence electrons. The van der Waals surface area contributed by atoms with E-state index in [1.54, 1.807) is 6.92 Å². The standard InChI is InChI=1S/C18H32O6Si/c1-8-21-16(20)12-11-14(12)22-10(9-19)13-15(11)24-25(23-13,17(2,3)4)18(5,6)7/h10-15,19H,8-9H2,1-7H3/t10-,11?,12+,13?,14?,15?/m1/s1. The van der Waals surface area contributed by atoms with Gasteiger partial charge >= 0.3 is 14.5 Å². The maximum atomic E-state index is 12.3. The fourth-order valence-corrected chi connectivity index (χ4v) is 9.85. The van der Waals surface area contributed by atoms with Crippen LogP contribution >= 0.6 is 0 Å². The Bertz CT molecular complexity index is 523. The van der Waals surface area contributed by atoms with E-state index in [1.807, 2.05) is 0 Å². The zero-order valence-electron chi connectivity index (χ0n) is 16.4. The lowest BCUT2D eigenvalue weighted by atomic mass is 10.0. The van der Waals surface area contributed by atoms with Crippen molar-refractivity contribution in [3.05, 3.63) is 0 Å². The van der Waals surface area contributed by atoms with Crippen molar-refractivity contribution >= 4 is 14.5 Å². The van der Waals surface area contributed by atoms with Gasteiger partial charge in [0.25, 0.3) is 0 Å². The number of aliphatic hydroxyl groups is 1. The Morgan fingerprint density at radius 3 is 2.08 bits per heavy atom. The van der Waals surface area contributed by atoms with Crippen molar-refractivity contribution in [2.45, 2.75) is 83.0 Å². The van der Waals surface area contributed by atoms with Gasteiger partial charge in [0.15, 0.2) is 0 Å². The average molecular weight is 373 g/mol. The minimum absolute atomic E-state index is 0.0362. The summed E-state index contributed by atoms with van der Waals surface area (Å²) in [6.45, 7) is 15.0. The third-order valence-corrected chi connectivity index (χ3v) is 10.9. The topological polar surface area (TPSA) is 74.2 Å². The predicted molar refractivity (Wildman–Crippen MR) is 94.3 cm³/mol. The molecule has 1 saturated carbocycles. The molecule has 2 saturated heterocycles. The zero-order valence-corrected chi connectivity index (χ0v) is 17.4. The van der Waals surface area contributed by atoms with Crippen LogP contribution in [0.2, 0.25) is 10.1 Å². The Morgan fingerprint density at radius 1 is 1.04 bits per heavy atom. The number of carbonyl (C=O) groups is 1. The van der Waals surface area contributed by atoms with Crippen LogP contribution < -0.4 is 0 Å². The van der Waals surface area contributed by atoms with Crippen LogP contribution in [-0.2, 0) is 23.1 Å². The highest BCUT2D eigenvalue weighted by Gasteiger charge is 2.74. The van der Waals surface area contributed by atoms with E-state index in [4.69, 9.17) is 18.3 Å². The van der Waals surface area contributed by atoms with E-state index in [-0.39, 0.29) is 52.8 Å². The number of fused-ring (bicyclic) bond motifs is 3. The first-order chi connectivity index (χ1) is 11.5. The van der Waals surface area contributed by atoms with Gasteiger partial charge in [0, 0.05) is 16.0 Å². The van der Waals surface area contributed by atoms with Crippen LogP contribution in [-0.4, -0.2) is 57.3 Å². The predicted octanol–water partition coefficient (Wildman–Crippen LogP) is 2.38. The van der Waals surface area contributed by atoms with E-state index in [0.29, 0.717) is 6.61 Å². The van der Waals surface area contributed by atoms with Crippen LogP contribution in [0.5, 0.6) is 0 Å². The molecule has 7 heteroatoms. The quantitative estimate of drug-likeness (QED) is 0.606. The molecule has 1 N–H and O–H groups in total.